The van der Waals surface area contributed by atoms with E-state index in [2.05, 4.69) is 5.32 Å². The fourth-order valence-electron chi connectivity index (χ4n) is 2.91. The first-order chi connectivity index (χ1) is 8.74. The van der Waals surface area contributed by atoms with Crippen molar-refractivity contribution in [3.05, 3.63) is 12.2 Å². The van der Waals surface area contributed by atoms with E-state index in [4.69, 9.17) is 0 Å². The molecule has 1 aliphatic heterocycles. The van der Waals surface area contributed by atoms with E-state index in [1.807, 2.05) is 17.1 Å². The third kappa shape index (κ3) is 2.74. The Kier molecular flexibility index (Phi) is 4.39. The Morgan fingerprint density at radius 3 is 2.28 bits per heavy atom. The third-order valence-corrected chi connectivity index (χ3v) is 4.00. The number of amides is 2. The predicted molar refractivity (Wildman–Crippen MR) is 69.9 cm³/mol. The van der Waals surface area contributed by atoms with Gasteiger partial charge in [0.1, 0.15) is 0 Å². The summed E-state index contributed by atoms with van der Waals surface area (Å²) >= 11 is 0. The number of nitrogens with one attached hydrogen (secondary N) is 1. The van der Waals surface area contributed by atoms with E-state index in [0.717, 1.165) is 25.9 Å². The molecule has 4 heteroatoms. The fraction of sp³-hybridized carbons (Fsp3) is 0.714. The second-order valence-electron chi connectivity index (χ2n) is 5.16. The Morgan fingerprint density at radius 2 is 1.67 bits per heavy atom. The third-order valence-electron chi connectivity index (χ3n) is 4.00. The van der Waals surface area contributed by atoms with Crippen molar-refractivity contribution in [3.63, 3.8) is 0 Å². The molecule has 0 spiro atoms. The van der Waals surface area contributed by atoms with E-state index in [9.17, 15) is 9.59 Å². The summed E-state index contributed by atoms with van der Waals surface area (Å²) in [5.41, 5.74) is 0. The molecule has 1 heterocycles. The summed E-state index contributed by atoms with van der Waals surface area (Å²) in [5, 5.41) is 2.68. The van der Waals surface area contributed by atoms with E-state index < -0.39 is 0 Å². The molecule has 1 aliphatic carbocycles. The van der Waals surface area contributed by atoms with Gasteiger partial charge in [0, 0.05) is 20.1 Å². The zero-order valence-electron chi connectivity index (χ0n) is 11.0. The van der Waals surface area contributed by atoms with Crippen LogP contribution in [0, 0.1) is 11.8 Å². The van der Waals surface area contributed by atoms with E-state index >= 15 is 0 Å². The SMILES string of the molecule is CNC(=O)[C@@H]1CC=CC[C@@H]1C(=O)N1CCCCC1. The van der Waals surface area contributed by atoms with Crippen LogP contribution in [0.15, 0.2) is 12.2 Å². The molecule has 18 heavy (non-hydrogen) atoms. The molecule has 2 aliphatic rings. The van der Waals surface area contributed by atoms with Crippen molar-refractivity contribution < 1.29 is 9.59 Å². The number of carbonyl (C=O) groups excluding carboxylic acids is 2. The van der Waals surface area contributed by atoms with Gasteiger partial charge in [-0.3, -0.25) is 9.59 Å². The van der Waals surface area contributed by atoms with Gasteiger partial charge in [-0.25, -0.2) is 0 Å². The van der Waals surface area contributed by atoms with Crippen molar-refractivity contribution in [2.24, 2.45) is 11.8 Å². The lowest BCUT2D eigenvalue weighted by molar-refractivity contribution is -0.142. The van der Waals surface area contributed by atoms with Crippen LogP contribution in [0.4, 0.5) is 0 Å². The number of carbonyl (C=O) groups is 2. The van der Waals surface area contributed by atoms with Crippen molar-refractivity contribution in [2.45, 2.75) is 32.1 Å². The first-order valence-electron chi connectivity index (χ1n) is 6.89. The Balaban J connectivity index is 2.06. The number of hydrogen-bond acceptors (Lipinski definition) is 2. The Bertz CT molecular complexity index is 346. The summed E-state index contributed by atoms with van der Waals surface area (Å²) in [6, 6.07) is 0. The van der Waals surface area contributed by atoms with Crippen LogP contribution in [-0.4, -0.2) is 36.9 Å². The molecule has 0 aromatic carbocycles. The van der Waals surface area contributed by atoms with Crippen molar-refractivity contribution in [2.75, 3.05) is 20.1 Å². The minimum Gasteiger partial charge on any atom is -0.359 e. The standard InChI is InChI=1S/C14H22N2O2/c1-15-13(17)11-7-3-4-8-12(11)14(18)16-9-5-2-6-10-16/h3-4,11-12H,2,5-10H2,1H3,(H,15,17)/t11-,12+/m1/s1. The van der Waals surface area contributed by atoms with Crippen LogP contribution in [-0.2, 0) is 9.59 Å². The molecule has 0 radical (unpaired) electrons. The maximum atomic E-state index is 12.5. The minimum atomic E-state index is -0.186. The molecule has 0 aromatic rings. The molecule has 2 amide bonds. The van der Waals surface area contributed by atoms with Gasteiger partial charge < -0.3 is 10.2 Å². The predicted octanol–water partition coefficient (Wildman–Crippen LogP) is 1.33. The van der Waals surface area contributed by atoms with Gasteiger partial charge in [-0.2, -0.15) is 0 Å². The number of piperidine rings is 1. The second-order valence-corrected chi connectivity index (χ2v) is 5.16. The average molecular weight is 250 g/mol. The van der Waals surface area contributed by atoms with Gasteiger partial charge in [-0.1, -0.05) is 12.2 Å². The quantitative estimate of drug-likeness (QED) is 0.752. The lowest BCUT2D eigenvalue weighted by atomic mass is 9.81. The molecular formula is C14H22N2O2. The highest BCUT2D eigenvalue weighted by Crippen LogP contribution is 2.28. The number of nitrogens with zero attached hydrogens (tertiary/aromatic N) is 1. The van der Waals surface area contributed by atoms with Crippen LogP contribution in [0.3, 0.4) is 0 Å². The molecule has 0 bridgehead atoms. The molecule has 4 nitrogen and oxygen atoms in total. The molecule has 0 unspecified atom stereocenters. The normalized spacial score (nSPS) is 27.9. The molecular weight excluding hydrogens is 228 g/mol. The Morgan fingerprint density at radius 1 is 1.06 bits per heavy atom. The lowest BCUT2D eigenvalue weighted by Crippen LogP contribution is -2.45. The zero-order valence-corrected chi connectivity index (χ0v) is 11.0. The van der Waals surface area contributed by atoms with Gasteiger partial charge in [-0.15, -0.1) is 0 Å². The van der Waals surface area contributed by atoms with Gasteiger partial charge in [0.15, 0.2) is 0 Å². The fourth-order valence-corrected chi connectivity index (χ4v) is 2.91. The molecule has 1 N–H and O–H groups in total. The van der Waals surface area contributed by atoms with E-state index in [1.54, 1.807) is 7.05 Å². The Hall–Kier alpha value is -1.32. The molecule has 2 atom stereocenters. The van der Waals surface area contributed by atoms with Crippen molar-refractivity contribution in [1.82, 2.24) is 10.2 Å². The Labute approximate surface area is 108 Å². The summed E-state index contributed by atoms with van der Waals surface area (Å²) in [4.78, 5) is 26.3. The van der Waals surface area contributed by atoms with Gasteiger partial charge in [-0.05, 0) is 32.1 Å². The highest BCUT2D eigenvalue weighted by molar-refractivity contribution is 5.88. The number of allylic oxidation sites excluding steroid dienone is 2. The number of rotatable bonds is 2. The van der Waals surface area contributed by atoms with E-state index in [-0.39, 0.29) is 23.7 Å². The molecule has 1 saturated heterocycles. The van der Waals surface area contributed by atoms with Gasteiger partial charge >= 0.3 is 0 Å². The zero-order chi connectivity index (χ0) is 13.0. The highest BCUT2D eigenvalue weighted by atomic mass is 16.2. The van der Waals surface area contributed by atoms with Crippen molar-refractivity contribution in [3.8, 4) is 0 Å². The van der Waals surface area contributed by atoms with Crippen LogP contribution in [0.2, 0.25) is 0 Å². The summed E-state index contributed by atoms with van der Waals surface area (Å²) in [6.07, 6.45) is 8.84. The molecule has 1 fully saturated rings. The number of likely N-dealkylation sites (tertiary alicyclic amines) is 1. The van der Waals surface area contributed by atoms with Crippen LogP contribution >= 0.6 is 0 Å². The minimum absolute atomic E-state index is 0.00490. The molecule has 0 saturated carbocycles. The molecule has 100 valence electrons. The van der Waals surface area contributed by atoms with Crippen LogP contribution in [0.1, 0.15) is 32.1 Å². The maximum Gasteiger partial charge on any atom is 0.226 e. The summed E-state index contributed by atoms with van der Waals surface area (Å²) < 4.78 is 0. The van der Waals surface area contributed by atoms with Gasteiger partial charge in [0.25, 0.3) is 0 Å². The summed E-state index contributed by atoms with van der Waals surface area (Å²) in [6.45, 7) is 1.72. The highest BCUT2D eigenvalue weighted by Gasteiger charge is 2.36. The van der Waals surface area contributed by atoms with Crippen molar-refractivity contribution >= 4 is 11.8 Å². The summed E-state index contributed by atoms with van der Waals surface area (Å²) in [7, 11) is 1.64. The van der Waals surface area contributed by atoms with Crippen molar-refractivity contribution in [1.29, 1.82) is 0 Å². The first kappa shape index (κ1) is 13.1. The monoisotopic (exact) mass is 250 g/mol. The van der Waals surface area contributed by atoms with E-state index in [0.29, 0.717) is 12.8 Å². The van der Waals surface area contributed by atoms with Gasteiger partial charge in [0.2, 0.25) is 11.8 Å². The largest absolute Gasteiger partial charge is 0.359 e. The average Bonchev–Trinajstić information content (AvgIpc) is 2.46. The molecule has 2 rings (SSSR count). The number of hydrogen-bond donors (Lipinski definition) is 1. The summed E-state index contributed by atoms with van der Waals surface area (Å²) in [5.74, 6) is -0.176. The van der Waals surface area contributed by atoms with E-state index in [1.165, 1.54) is 6.42 Å². The van der Waals surface area contributed by atoms with Crippen LogP contribution in [0.25, 0.3) is 0 Å². The maximum absolute atomic E-state index is 12.5. The molecule has 0 aromatic heterocycles. The van der Waals surface area contributed by atoms with Crippen LogP contribution < -0.4 is 5.32 Å². The first-order valence-corrected chi connectivity index (χ1v) is 6.89. The smallest absolute Gasteiger partial charge is 0.226 e. The lowest BCUT2D eigenvalue weighted by Gasteiger charge is -2.34. The second kappa shape index (κ2) is 6.03. The topological polar surface area (TPSA) is 49.4 Å². The van der Waals surface area contributed by atoms with Crippen LogP contribution in [0.5, 0.6) is 0 Å². The van der Waals surface area contributed by atoms with Gasteiger partial charge in [0.05, 0.1) is 11.8 Å².